The number of alkyl halides is 5. The van der Waals surface area contributed by atoms with Gasteiger partial charge in [-0.2, -0.15) is 23.1 Å². The Morgan fingerprint density at radius 2 is 1.95 bits per heavy atom. The van der Waals surface area contributed by atoms with Gasteiger partial charge in [0.1, 0.15) is 12.3 Å². The summed E-state index contributed by atoms with van der Waals surface area (Å²) in [4.78, 5) is 28.7. The van der Waals surface area contributed by atoms with Gasteiger partial charge in [0.25, 0.3) is 18.3 Å². The number of halogens is 6. The van der Waals surface area contributed by atoms with Crippen molar-refractivity contribution in [3.05, 3.63) is 52.0 Å². The molecule has 0 saturated heterocycles. The number of hydrogen-bond donors (Lipinski definition) is 1. The average Bonchev–Trinajstić information content (AvgIpc) is 3.56. The Kier molecular flexibility index (Phi) is 7.09. The third-order valence-electron chi connectivity index (χ3n) is 5.35. The number of nitrogens with zero attached hydrogens (tertiary/aromatic N) is 7. The van der Waals surface area contributed by atoms with E-state index in [2.05, 4.69) is 46.3 Å². The van der Waals surface area contributed by atoms with E-state index < -0.39 is 42.3 Å². The van der Waals surface area contributed by atoms with Gasteiger partial charge in [0, 0.05) is 5.56 Å². The maximum absolute atomic E-state index is 13.4. The van der Waals surface area contributed by atoms with Crippen LogP contribution < -0.4 is 10.1 Å². The number of rotatable bonds is 8. The van der Waals surface area contributed by atoms with Crippen LogP contribution in [0.1, 0.15) is 53.4 Å². The molecule has 1 saturated carbocycles. The molecule has 194 valence electrons. The summed E-state index contributed by atoms with van der Waals surface area (Å²) in [7, 11) is 0. The predicted molar refractivity (Wildman–Crippen MR) is 118 cm³/mol. The van der Waals surface area contributed by atoms with Gasteiger partial charge in [-0.25, -0.2) is 28.7 Å². The molecular formula is C21H16BrF5N8O2. The number of aromatic nitrogens is 6. The minimum absolute atomic E-state index is 0.00843. The van der Waals surface area contributed by atoms with Crippen molar-refractivity contribution in [2.24, 2.45) is 0 Å². The van der Waals surface area contributed by atoms with Gasteiger partial charge < -0.3 is 10.1 Å². The van der Waals surface area contributed by atoms with Gasteiger partial charge in [0.15, 0.2) is 11.6 Å². The van der Waals surface area contributed by atoms with Crippen molar-refractivity contribution in [2.45, 2.75) is 43.8 Å². The first-order valence-corrected chi connectivity index (χ1v) is 11.4. The molecular weight excluding hydrogens is 571 g/mol. The van der Waals surface area contributed by atoms with E-state index >= 15 is 0 Å². The molecule has 1 amide bonds. The van der Waals surface area contributed by atoms with Gasteiger partial charge >= 0.3 is 6.18 Å². The van der Waals surface area contributed by atoms with Crippen LogP contribution in [0.2, 0.25) is 0 Å². The number of ether oxygens (including phenoxy) is 1. The summed E-state index contributed by atoms with van der Waals surface area (Å²) in [5, 5.41) is 16.0. The van der Waals surface area contributed by atoms with Crippen molar-refractivity contribution in [3.63, 3.8) is 0 Å². The number of hydrogen-bond acceptors (Lipinski definition) is 8. The third kappa shape index (κ3) is 5.82. The number of carbonyl (C=O) groups excluding carboxylic acids is 1. The van der Waals surface area contributed by atoms with Gasteiger partial charge in [-0.15, -0.1) is 5.10 Å². The molecule has 3 heterocycles. The van der Waals surface area contributed by atoms with Crippen LogP contribution in [0.4, 0.5) is 22.0 Å². The molecule has 10 nitrogen and oxygen atoms in total. The second-order valence-electron chi connectivity index (χ2n) is 8.08. The van der Waals surface area contributed by atoms with Gasteiger partial charge in [0.2, 0.25) is 4.73 Å². The minimum Gasteiger partial charge on any atom is -0.484 e. The second-order valence-corrected chi connectivity index (χ2v) is 8.79. The van der Waals surface area contributed by atoms with E-state index in [9.17, 15) is 32.0 Å². The zero-order valence-electron chi connectivity index (χ0n) is 18.8. The first-order valence-electron chi connectivity index (χ1n) is 10.6. The average molecular weight is 587 g/mol. The number of amides is 1. The Morgan fingerprint density at radius 3 is 2.51 bits per heavy atom. The fourth-order valence-corrected chi connectivity index (χ4v) is 3.66. The van der Waals surface area contributed by atoms with E-state index in [0.717, 1.165) is 17.1 Å². The molecule has 3 aromatic heterocycles. The van der Waals surface area contributed by atoms with E-state index in [4.69, 9.17) is 4.74 Å². The van der Waals surface area contributed by atoms with E-state index in [1.807, 2.05) is 6.07 Å². The SMILES string of the molecule is CC(NC(=O)c1cc(C(F)(F)F)nc(C2(C#N)CC2)c1)c1nc(Br)nn1-c1ncc(OCC(F)F)cn1. The van der Waals surface area contributed by atoms with Crippen molar-refractivity contribution >= 4 is 21.8 Å². The topological polar surface area (TPSA) is 132 Å². The van der Waals surface area contributed by atoms with Crippen LogP contribution in [-0.4, -0.2) is 48.7 Å². The quantitative estimate of drug-likeness (QED) is 0.393. The summed E-state index contributed by atoms with van der Waals surface area (Å²) in [6.45, 7) is 0.670. The van der Waals surface area contributed by atoms with Gasteiger partial charge in [-0.3, -0.25) is 4.79 Å². The van der Waals surface area contributed by atoms with Crippen LogP contribution in [-0.2, 0) is 11.6 Å². The molecule has 16 heteroatoms. The van der Waals surface area contributed by atoms with E-state index in [1.54, 1.807) is 0 Å². The lowest BCUT2D eigenvalue weighted by Gasteiger charge is -2.16. The highest BCUT2D eigenvalue weighted by molar-refractivity contribution is 9.10. The van der Waals surface area contributed by atoms with E-state index in [0.29, 0.717) is 18.9 Å². The molecule has 1 fully saturated rings. The molecule has 1 unspecified atom stereocenters. The Labute approximate surface area is 214 Å². The molecule has 1 aliphatic rings. The zero-order chi connectivity index (χ0) is 27.0. The fourth-order valence-electron chi connectivity index (χ4n) is 3.32. The molecule has 0 bridgehead atoms. The molecule has 1 aliphatic carbocycles. The first-order chi connectivity index (χ1) is 17.4. The molecule has 1 atom stereocenters. The first kappa shape index (κ1) is 26.3. The Bertz CT molecular complexity index is 1350. The maximum Gasteiger partial charge on any atom is 0.433 e. The van der Waals surface area contributed by atoms with Gasteiger partial charge in [-0.1, -0.05) is 0 Å². The Morgan fingerprint density at radius 1 is 1.27 bits per heavy atom. The summed E-state index contributed by atoms with van der Waals surface area (Å²) in [5.41, 5.74) is -2.86. The minimum atomic E-state index is -4.82. The monoisotopic (exact) mass is 586 g/mol. The van der Waals surface area contributed by atoms with Crippen molar-refractivity contribution in [1.82, 2.24) is 35.0 Å². The van der Waals surface area contributed by atoms with Gasteiger partial charge in [-0.05, 0) is 47.8 Å². The maximum atomic E-state index is 13.4. The van der Waals surface area contributed by atoms with Crippen LogP contribution >= 0.6 is 15.9 Å². The van der Waals surface area contributed by atoms with Crippen LogP contribution in [0.15, 0.2) is 29.3 Å². The summed E-state index contributed by atoms with van der Waals surface area (Å²) in [6.07, 6.45) is -4.52. The lowest BCUT2D eigenvalue weighted by Crippen LogP contribution is -2.30. The van der Waals surface area contributed by atoms with Gasteiger partial charge in [0.05, 0.1) is 35.6 Å². The summed E-state index contributed by atoms with van der Waals surface area (Å²) in [5.74, 6) is -0.792. The smallest absolute Gasteiger partial charge is 0.433 e. The summed E-state index contributed by atoms with van der Waals surface area (Å²) >= 11 is 3.11. The van der Waals surface area contributed by atoms with Crippen LogP contribution in [0.5, 0.6) is 5.75 Å². The second kappa shape index (κ2) is 9.96. The highest BCUT2D eigenvalue weighted by Crippen LogP contribution is 2.47. The number of carbonyl (C=O) groups is 1. The highest BCUT2D eigenvalue weighted by Gasteiger charge is 2.48. The normalized spacial score (nSPS) is 15.2. The number of nitrogens with one attached hydrogen (secondary N) is 1. The molecule has 3 aromatic rings. The van der Waals surface area contributed by atoms with Crippen molar-refractivity contribution in [3.8, 4) is 17.8 Å². The number of pyridine rings is 1. The molecule has 0 radical (unpaired) electrons. The highest BCUT2D eigenvalue weighted by atomic mass is 79.9. The Hall–Kier alpha value is -3.74. The zero-order valence-corrected chi connectivity index (χ0v) is 20.4. The molecule has 0 spiro atoms. The molecule has 0 aromatic carbocycles. The Balaban J connectivity index is 1.58. The van der Waals surface area contributed by atoms with Crippen LogP contribution in [0.25, 0.3) is 5.95 Å². The summed E-state index contributed by atoms with van der Waals surface area (Å²) in [6, 6.07) is 2.86. The fraction of sp³-hybridized carbons (Fsp3) is 0.381. The lowest BCUT2D eigenvalue weighted by molar-refractivity contribution is -0.141. The van der Waals surface area contributed by atoms with Crippen LogP contribution in [0.3, 0.4) is 0 Å². The predicted octanol–water partition coefficient (Wildman–Crippen LogP) is 3.92. The van der Waals surface area contributed by atoms with Crippen molar-refractivity contribution < 1.29 is 31.5 Å². The summed E-state index contributed by atoms with van der Waals surface area (Å²) < 4.78 is 71.1. The van der Waals surface area contributed by atoms with E-state index in [-0.39, 0.29) is 33.5 Å². The molecule has 4 rings (SSSR count). The largest absolute Gasteiger partial charge is 0.484 e. The molecule has 0 aliphatic heterocycles. The third-order valence-corrected chi connectivity index (χ3v) is 5.69. The van der Waals surface area contributed by atoms with Crippen molar-refractivity contribution in [1.29, 1.82) is 5.26 Å². The van der Waals surface area contributed by atoms with Crippen molar-refractivity contribution in [2.75, 3.05) is 6.61 Å². The lowest BCUT2D eigenvalue weighted by atomic mass is 10.0. The standard InChI is InChI=1S/C21H16BrF5N8O2/c1-10(16-33-18(22)34-35(16)19-29-6-12(7-30-19)37-8-15(23)24)31-17(36)11-4-13(20(9-28)2-3-20)32-14(5-11)21(25,26)27/h4-7,10,15H,2-3,8H2,1H3,(H,31,36). The van der Waals surface area contributed by atoms with E-state index in [1.165, 1.54) is 13.0 Å². The number of nitriles is 1. The molecule has 1 N–H and O–H groups in total. The molecule has 37 heavy (non-hydrogen) atoms. The van der Waals surface area contributed by atoms with Crippen LogP contribution in [0, 0.1) is 11.3 Å².